The third kappa shape index (κ3) is 3.48. The summed E-state index contributed by atoms with van der Waals surface area (Å²) < 4.78 is 11.5. The molecular formula is C15H16BrClN2O2. The van der Waals surface area contributed by atoms with Crippen molar-refractivity contribution in [1.82, 2.24) is 10.3 Å². The van der Waals surface area contributed by atoms with Gasteiger partial charge >= 0.3 is 0 Å². The molecule has 1 aromatic carbocycles. The summed E-state index contributed by atoms with van der Waals surface area (Å²) in [5.41, 5.74) is 1.90. The Morgan fingerprint density at radius 2 is 1.81 bits per heavy atom. The first-order valence-corrected chi connectivity index (χ1v) is 7.47. The molecule has 112 valence electrons. The van der Waals surface area contributed by atoms with Crippen LogP contribution >= 0.6 is 27.5 Å². The van der Waals surface area contributed by atoms with Crippen LogP contribution in [0.25, 0.3) is 0 Å². The summed E-state index contributed by atoms with van der Waals surface area (Å²) in [6, 6.07) is 5.54. The molecule has 1 aromatic heterocycles. The lowest BCUT2D eigenvalue weighted by atomic mass is 9.99. The van der Waals surface area contributed by atoms with Crippen molar-refractivity contribution in [3.8, 4) is 11.5 Å². The minimum atomic E-state index is -0.0951. The Bertz CT molecular complexity index is 637. The lowest BCUT2D eigenvalue weighted by molar-refractivity contribution is 0.354. The summed E-state index contributed by atoms with van der Waals surface area (Å²) >= 11 is 9.83. The molecule has 4 nitrogen and oxygen atoms in total. The Labute approximate surface area is 137 Å². The maximum absolute atomic E-state index is 6.39. The van der Waals surface area contributed by atoms with Crippen molar-refractivity contribution in [3.05, 3.63) is 51.2 Å². The van der Waals surface area contributed by atoms with E-state index in [1.165, 1.54) is 0 Å². The highest BCUT2D eigenvalue weighted by molar-refractivity contribution is 9.10. The Morgan fingerprint density at radius 3 is 2.38 bits per heavy atom. The molecule has 0 fully saturated rings. The smallest absolute Gasteiger partial charge is 0.162 e. The monoisotopic (exact) mass is 370 g/mol. The Hall–Kier alpha value is -1.30. The van der Waals surface area contributed by atoms with Gasteiger partial charge in [0.2, 0.25) is 0 Å². The van der Waals surface area contributed by atoms with Crippen molar-refractivity contribution in [3.63, 3.8) is 0 Å². The van der Waals surface area contributed by atoms with Crippen molar-refractivity contribution in [2.75, 3.05) is 21.3 Å². The third-order valence-electron chi connectivity index (χ3n) is 3.16. The molecule has 1 unspecified atom stereocenters. The van der Waals surface area contributed by atoms with Gasteiger partial charge in [0.1, 0.15) is 0 Å². The van der Waals surface area contributed by atoms with Crippen molar-refractivity contribution in [2.45, 2.75) is 6.04 Å². The molecule has 1 heterocycles. The number of benzene rings is 1. The summed E-state index contributed by atoms with van der Waals surface area (Å²) in [4.78, 5) is 4.20. The van der Waals surface area contributed by atoms with E-state index in [1.54, 1.807) is 32.7 Å². The Kier molecular flexibility index (Phi) is 5.45. The fraction of sp³-hybridized carbons (Fsp3) is 0.267. The van der Waals surface area contributed by atoms with E-state index in [9.17, 15) is 0 Å². The van der Waals surface area contributed by atoms with Crippen LogP contribution in [-0.2, 0) is 0 Å². The normalized spacial score (nSPS) is 12.0. The molecule has 2 aromatic rings. The van der Waals surface area contributed by atoms with Gasteiger partial charge in [-0.2, -0.15) is 0 Å². The predicted octanol–water partition coefficient (Wildman–Crippen LogP) is 3.82. The molecule has 0 saturated carbocycles. The molecule has 1 atom stereocenters. The standard InChI is InChI=1S/C15H16BrClN2O2/c1-18-15(9-4-10(16)8-19-7-9)11-5-13(20-2)14(21-3)6-12(11)17/h4-8,15,18H,1-3H3. The fourth-order valence-electron chi connectivity index (χ4n) is 2.18. The van der Waals surface area contributed by atoms with Crippen LogP contribution in [-0.4, -0.2) is 26.3 Å². The van der Waals surface area contributed by atoms with Gasteiger partial charge in [-0.25, -0.2) is 0 Å². The van der Waals surface area contributed by atoms with Crippen LogP contribution in [0.5, 0.6) is 11.5 Å². The number of methoxy groups -OCH3 is 2. The second-order valence-electron chi connectivity index (χ2n) is 4.39. The minimum Gasteiger partial charge on any atom is -0.493 e. The van der Waals surface area contributed by atoms with E-state index in [4.69, 9.17) is 21.1 Å². The molecule has 21 heavy (non-hydrogen) atoms. The number of nitrogens with zero attached hydrogens (tertiary/aromatic N) is 1. The summed E-state index contributed by atoms with van der Waals surface area (Å²) in [6.07, 6.45) is 3.55. The summed E-state index contributed by atoms with van der Waals surface area (Å²) in [5.74, 6) is 1.24. The van der Waals surface area contributed by atoms with Gasteiger partial charge in [0.15, 0.2) is 11.5 Å². The van der Waals surface area contributed by atoms with Crippen molar-refractivity contribution in [2.24, 2.45) is 0 Å². The Morgan fingerprint density at radius 1 is 1.14 bits per heavy atom. The third-order valence-corrected chi connectivity index (χ3v) is 3.92. The zero-order chi connectivity index (χ0) is 15.4. The van der Waals surface area contributed by atoms with E-state index in [0.29, 0.717) is 16.5 Å². The fourth-order valence-corrected chi connectivity index (χ4v) is 2.82. The zero-order valence-electron chi connectivity index (χ0n) is 12.0. The number of pyridine rings is 1. The highest BCUT2D eigenvalue weighted by atomic mass is 79.9. The highest BCUT2D eigenvalue weighted by Gasteiger charge is 2.19. The zero-order valence-corrected chi connectivity index (χ0v) is 14.3. The number of nitrogens with one attached hydrogen (secondary N) is 1. The average Bonchev–Trinajstić information content (AvgIpc) is 2.49. The van der Waals surface area contributed by atoms with Gasteiger partial charge in [0.05, 0.1) is 20.3 Å². The van der Waals surface area contributed by atoms with Crippen molar-refractivity contribution >= 4 is 27.5 Å². The first kappa shape index (κ1) is 16.1. The second-order valence-corrected chi connectivity index (χ2v) is 5.71. The number of aromatic nitrogens is 1. The van der Waals surface area contributed by atoms with Crippen molar-refractivity contribution in [1.29, 1.82) is 0 Å². The summed E-state index contributed by atoms with van der Waals surface area (Å²) in [7, 11) is 5.06. The van der Waals surface area contributed by atoms with Crippen LogP contribution in [0.4, 0.5) is 0 Å². The van der Waals surface area contributed by atoms with Gasteiger partial charge < -0.3 is 14.8 Å². The molecule has 6 heteroatoms. The number of rotatable bonds is 5. The quantitative estimate of drug-likeness (QED) is 0.867. The van der Waals surface area contributed by atoms with E-state index in [1.807, 2.05) is 19.2 Å². The highest BCUT2D eigenvalue weighted by Crippen LogP contribution is 2.37. The first-order valence-electron chi connectivity index (χ1n) is 6.29. The van der Waals surface area contributed by atoms with Crippen LogP contribution in [0.15, 0.2) is 35.1 Å². The van der Waals surface area contributed by atoms with Gasteiger partial charge in [-0.1, -0.05) is 11.6 Å². The Balaban J connectivity index is 2.52. The van der Waals surface area contributed by atoms with Gasteiger partial charge in [-0.15, -0.1) is 0 Å². The van der Waals surface area contributed by atoms with Gasteiger partial charge in [0.25, 0.3) is 0 Å². The van der Waals surface area contributed by atoms with Gasteiger partial charge in [-0.3, -0.25) is 4.98 Å². The SMILES string of the molecule is CNC(c1cncc(Br)c1)c1cc(OC)c(OC)cc1Cl. The van der Waals surface area contributed by atoms with Crippen LogP contribution in [0, 0.1) is 0 Å². The number of hydrogen-bond acceptors (Lipinski definition) is 4. The molecule has 0 aliphatic heterocycles. The summed E-state index contributed by atoms with van der Waals surface area (Å²) in [6.45, 7) is 0. The second kappa shape index (κ2) is 7.11. The minimum absolute atomic E-state index is 0.0951. The molecule has 0 aliphatic rings. The molecule has 0 radical (unpaired) electrons. The molecule has 0 aliphatic carbocycles. The molecule has 0 amide bonds. The summed E-state index contributed by atoms with van der Waals surface area (Å²) in [5, 5.41) is 3.85. The van der Waals surface area contributed by atoms with Crippen LogP contribution < -0.4 is 14.8 Å². The lowest BCUT2D eigenvalue weighted by Crippen LogP contribution is -2.18. The van der Waals surface area contributed by atoms with Crippen LogP contribution in [0.1, 0.15) is 17.2 Å². The van der Waals surface area contributed by atoms with E-state index in [0.717, 1.165) is 15.6 Å². The molecule has 0 bridgehead atoms. The molecule has 1 N–H and O–H groups in total. The number of hydrogen-bond donors (Lipinski definition) is 1. The van der Waals surface area contributed by atoms with Crippen molar-refractivity contribution < 1.29 is 9.47 Å². The average molecular weight is 372 g/mol. The number of ether oxygens (including phenoxy) is 2. The van der Waals surface area contributed by atoms with E-state index < -0.39 is 0 Å². The van der Waals surface area contributed by atoms with E-state index in [2.05, 4.69) is 26.2 Å². The first-order chi connectivity index (χ1) is 10.1. The van der Waals surface area contributed by atoms with Gasteiger partial charge in [0, 0.05) is 28.0 Å². The lowest BCUT2D eigenvalue weighted by Gasteiger charge is -2.20. The van der Waals surface area contributed by atoms with Crippen LogP contribution in [0.2, 0.25) is 5.02 Å². The maximum Gasteiger partial charge on any atom is 0.162 e. The van der Waals surface area contributed by atoms with Crippen LogP contribution in [0.3, 0.4) is 0 Å². The molecule has 2 rings (SSSR count). The van der Waals surface area contributed by atoms with Gasteiger partial charge in [-0.05, 0) is 46.2 Å². The van der Waals surface area contributed by atoms with E-state index >= 15 is 0 Å². The molecule has 0 spiro atoms. The van der Waals surface area contributed by atoms with E-state index in [-0.39, 0.29) is 6.04 Å². The predicted molar refractivity (Wildman–Crippen MR) is 87.4 cm³/mol. The largest absolute Gasteiger partial charge is 0.493 e. The number of halogens is 2. The maximum atomic E-state index is 6.39. The topological polar surface area (TPSA) is 43.4 Å². The molecule has 0 saturated heterocycles. The molecular weight excluding hydrogens is 356 g/mol.